The van der Waals surface area contributed by atoms with Crippen LogP contribution in [-0.4, -0.2) is 27.5 Å². The van der Waals surface area contributed by atoms with Crippen LogP contribution in [0.25, 0.3) is 0 Å². The lowest BCUT2D eigenvalue weighted by molar-refractivity contribution is 0.0935. The van der Waals surface area contributed by atoms with Gasteiger partial charge < -0.3 is 10.1 Å². The van der Waals surface area contributed by atoms with Crippen molar-refractivity contribution in [1.82, 2.24) is 5.32 Å². The molecule has 1 aromatic rings. The number of ether oxygens (including phenoxy) is 1. The van der Waals surface area contributed by atoms with Gasteiger partial charge in [0.2, 0.25) is 10.0 Å². The van der Waals surface area contributed by atoms with Crippen molar-refractivity contribution < 1.29 is 17.9 Å². The van der Waals surface area contributed by atoms with Crippen LogP contribution >= 0.6 is 0 Å². The molecule has 6 nitrogen and oxygen atoms in total. The number of amides is 1. The average molecular weight is 312 g/mol. The normalized spacial score (nSPS) is 15.3. The molecule has 0 aliphatic heterocycles. The summed E-state index contributed by atoms with van der Waals surface area (Å²) in [5, 5.41) is 7.93. The number of sulfonamides is 1. The van der Waals surface area contributed by atoms with Gasteiger partial charge >= 0.3 is 0 Å². The number of carbonyl (C=O) groups excluding carboxylic acids is 1. The largest absolute Gasteiger partial charge is 0.493 e. The fraction of sp³-hybridized carbons (Fsp3) is 0.500. The number of nitrogens with one attached hydrogen (secondary N) is 1. The van der Waals surface area contributed by atoms with Crippen LogP contribution in [0.2, 0.25) is 0 Å². The highest BCUT2D eigenvalue weighted by atomic mass is 32.2. The molecule has 1 amide bonds. The van der Waals surface area contributed by atoms with Gasteiger partial charge in [-0.1, -0.05) is 6.42 Å². The molecular weight excluding hydrogens is 292 g/mol. The molecule has 1 aliphatic carbocycles. The van der Waals surface area contributed by atoms with Crippen molar-refractivity contribution in [2.75, 3.05) is 13.2 Å². The van der Waals surface area contributed by atoms with Gasteiger partial charge in [-0.2, -0.15) is 0 Å². The number of carbonyl (C=O) groups is 1. The molecule has 1 saturated carbocycles. The Morgan fingerprint density at radius 2 is 2.14 bits per heavy atom. The fourth-order valence-electron chi connectivity index (χ4n) is 2.17. The molecule has 1 aliphatic rings. The second kappa shape index (κ2) is 6.44. The third-order valence-electron chi connectivity index (χ3n) is 3.60. The van der Waals surface area contributed by atoms with E-state index < -0.39 is 10.0 Å². The predicted molar refractivity (Wildman–Crippen MR) is 78.7 cm³/mol. The number of hydrogen-bond donors (Lipinski definition) is 2. The highest BCUT2D eigenvalue weighted by Crippen LogP contribution is 2.26. The molecule has 0 spiro atoms. The van der Waals surface area contributed by atoms with E-state index in [-0.39, 0.29) is 16.4 Å². The maximum absolute atomic E-state index is 12.2. The summed E-state index contributed by atoms with van der Waals surface area (Å²) in [6, 6.07) is 4.06. The first kappa shape index (κ1) is 15.8. The fourth-order valence-corrected chi connectivity index (χ4v) is 2.71. The Kier molecular flexibility index (Phi) is 4.84. The molecule has 116 valence electrons. The Labute approximate surface area is 124 Å². The van der Waals surface area contributed by atoms with Gasteiger partial charge in [0.25, 0.3) is 5.91 Å². The minimum atomic E-state index is -3.85. The van der Waals surface area contributed by atoms with Crippen molar-refractivity contribution in [2.24, 2.45) is 11.1 Å². The van der Waals surface area contributed by atoms with E-state index in [1.54, 1.807) is 6.92 Å². The molecule has 1 fully saturated rings. The molecule has 21 heavy (non-hydrogen) atoms. The third-order valence-corrected chi connectivity index (χ3v) is 4.51. The van der Waals surface area contributed by atoms with Crippen molar-refractivity contribution >= 4 is 15.9 Å². The van der Waals surface area contributed by atoms with Crippen LogP contribution < -0.4 is 15.2 Å². The minimum absolute atomic E-state index is 0.0975. The van der Waals surface area contributed by atoms with E-state index in [1.807, 2.05) is 0 Å². The van der Waals surface area contributed by atoms with E-state index in [0.717, 1.165) is 12.8 Å². The number of rotatable bonds is 6. The van der Waals surface area contributed by atoms with Gasteiger partial charge in [-0.3, -0.25) is 4.79 Å². The van der Waals surface area contributed by atoms with E-state index >= 15 is 0 Å². The number of hydrogen-bond acceptors (Lipinski definition) is 4. The minimum Gasteiger partial charge on any atom is -0.493 e. The first-order chi connectivity index (χ1) is 9.91. The Morgan fingerprint density at radius 1 is 1.43 bits per heavy atom. The van der Waals surface area contributed by atoms with Gasteiger partial charge in [-0.05, 0) is 43.9 Å². The zero-order valence-corrected chi connectivity index (χ0v) is 12.8. The van der Waals surface area contributed by atoms with Crippen LogP contribution in [0.15, 0.2) is 23.1 Å². The Bertz CT molecular complexity index is 624. The average Bonchev–Trinajstić information content (AvgIpc) is 2.36. The van der Waals surface area contributed by atoms with Crippen LogP contribution in [0, 0.1) is 5.92 Å². The first-order valence-corrected chi connectivity index (χ1v) is 8.54. The lowest BCUT2D eigenvalue weighted by atomic mass is 9.85. The summed E-state index contributed by atoms with van der Waals surface area (Å²) in [7, 11) is -3.85. The van der Waals surface area contributed by atoms with E-state index in [9.17, 15) is 13.2 Å². The van der Waals surface area contributed by atoms with Crippen LogP contribution in [0.5, 0.6) is 5.75 Å². The van der Waals surface area contributed by atoms with Crippen LogP contribution in [0.1, 0.15) is 36.5 Å². The molecule has 2 rings (SSSR count). The van der Waals surface area contributed by atoms with Crippen molar-refractivity contribution in [3.05, 3.63) is 23.8 Å². The van der Waals surface area contributed by atoms with Crippen molar-refractivity contribution in [1.29, 1.82) is 0 Å². The summed E-state index contributed by atoms with van der Waals surface area (Å²) >= 11 is 0. The summed E-state index contributed by atoms with van der Waals surface area (Å²) in [6.07, 6.45) is 3.44. The van der Waals surface area contributed by atoms with Crippen LogP contribution in [0.3, 0.4) is 0 Å². The van der Waals surface area contributed by atoms with Crippen LogP contribution in [0.4, 0.5) is 0 Å². The van der Waals surface area contributed by atoms with Crippen molar-refractivity contribution in [3.8, 4) is 5.75 Å². The standard InChI is InChI=1S/C14H20N2O4S/c1-2-20-13-7-6-11(21(15,18)19)8-12(13)14(17)16-9-10-4-3-5-10/h6-8,10H,2-5,9H2,1H3,(H,16,17)(H2,15,18,19). The summed E-state index contributed by atoms with van der Waals surface area (Å²) in [4.78, 5) is 12.1. The molecule has 0 unspecified atom stereocenters. The van der Waals surface area contributed by atoms with Gasteiger partial charge in [0, 0.05) is 6.54 Å². The second-order valence-corrected chi connectivity index (χ2v) is 6.70. The maximum atomic E-state index is 12.2. The number of benzene rings is 1. The SMILES string of the molecule is CCOc1ccc(S(N)(=O)=O)cc1C(=O)NCC1CCC1. The lowest BCUT2D eigenvalue weighted by Crippen LogP contribution is -2.32. The lowest BCUT2D eigenvalue weighted by Gasteiger charge is -2.25. The Balaban J connectivity index is 2.22. The van der Waals surface area contributed by atoms with Gasteiger partial charge in [0.1, 0.15) is 5.75 Å². The molecular formula is C14H20N2O4S. The Hall–Kier alpha value is -1.60. The van der Waals surface area contributed by atoms with E-state index in [2.05, 4.69) is 5.32 Å². The quantitative estimate of drug-likeness (QED) is 0.826. The summed E-state index contributed by atoms with van der Waals surface area (Å²) in [5.74, 6) is 0.540. The molecule has 0 aromatic heterocycles. The summed E-state index contributed by atoms with van der Waals surface area (Å²) in [5.41, 5.74) is 0.197. The highest BCUT2D eigenvalue weighted by Gasteiger charge is 2.21. The molecule has 0 heterocycles. The van der Waals surface area contributed by atoms with Crippen molar-refractivity contribution in [3.63, 3.8) is 0 Å². The van der Waals surface area contributed by atoms with E-state index in [4.69, 9.17) is 9.88 Å². The summed E-state index contributed by atoms with van der Waals surface area (Å²) < 4.78 is 28.2. The van der Waals surface area contributed by atoms with Crippen molar-refractivity contribution in [2.45, 2.75) is 31.1 Å². The Morgan fingerprint density at radius 3 is 2.67 bits per heavy atom. The smallest absolute Gasteiger partial charge is 0.255 e. The topological polar surface area (TPSA) is 98.5 Å². The zero-order valence-electron chi connectivity index (χ0n) is 12.0. The molecule has 0 atom stereocenters. The van der Waals surface area contributed by atoms with Crippen LogP contribution in [-0.2, 0) is 10.0 Å². The highest BCUT2D eigenvalue weighted by molar-refractivity contribution is 7.89. The number of primary sulfonamides is 1. The predicted octanol–water partition coefficient (Wildman–Crippen LogP) is 1.26. The molecule has 0 radical (unpaired) electrons. The second-order valence-electron chi connectivity index (χ2n) is 5.14. The molecule has 0 bridgehead atoms. The monoisotopic (exact) mass is 312 g/mol. The number of nitrogens with two attached hydrogens (primary N) is 1. The van der Waals surface area contributed by atoms with Gasteiger partial charge in [0.15, 0.2) is 0 Å². The molecule has 7 heteroatoms. The maximum Gasteiger partial charge on any atom is 0.255 e. The van der Waals surface area contributed by atoms with E-state index in [1.165, 1.54) is 24.6 Å². The molecule has 1 aromatic carbocycles. The van der Waals surface area contributed by atoms with Gasteiger partial charge in [-0.25, -0.2) is 13.6 Å². The van der Waals surface area contributed by atoms with Gasteiger partial charge in [0.05, 0.1) is 17.1 Å². The summed E-state index contributed by atoms with van der Waals surface area (Å²) in [6.45, 7) is 2.78. The third kappa shape index (κ3) is 3.95. The van der Waals surface area contributed by atoms with E-state index in [0.29, 0.717) is 24.8 Å². The zero-order chi connectivity index (χ0) is 15.5. The first-order valence-electron chi connectivity index (χ1n) is 6.99. The molecule has 3 N–H and O–H groups in total. The molecule has 0 saturated heterocycles. The van der Waals surface area contributed by atoms with Gasteiger partial charge in [-0.15, -0.1) is 0 Å².